The summed E-state index contributed by atoms with van der Waals surface area (Å²) in [5.74, 6) is 2.69. The van der Waals surface area contributed by atoms with Crippen LogP contribution in [0.2, 0.25) is 0 Å². The average Bonchev–Trinajstić information content (AvgIpc) is 2.82. The third kappa shape index (κ3) is 3.57. The number of fused-ring (bicyclic) bond motifs is 5. The van der Waals surface area contributed by atoms with Crippen molar-refractivity contribution >= 4 is 16.2 Å². The number of carbonyl (C=O) groups is 1. The molecule has 4 aliphatic rings. The number of Topliss-reactive ketones (excluding diaryl/α,β-unsaturated/α-hetero) is 1. The van der Waals surface area contributed by atoms with E-state index in [9.17, 15) is 17.8 Å². The minimum absolute atomic E-state index is 0. The molecule has 142 valence electrons. The summed E-state index contributed by atoms with van der Waals surface area (Å²) in [6.07, 6.45) is 7.94. The van der Waals surface area contributed by atoms with Gasteiger partial charge in [-0.05, 0) is 80.5 Å². The molecule has 0 N–H and O–H groups in total. The Hall–Kier alpha value is 1.18. The second-order valence-electron chi connectivity index (χ2n) is 9.48. The monoisotopic (exact) mass is 408 g/mol. The Labute approximate surface area is 199 Å². The maximum Gasteiger partial charge on any atom is 1.00 e. The van der Waals surface area contributed by atoms with Crippen molar-refractivity contribution in [3.8, 4) is 0 Å². The second-order valence-corrected chi connectivity index (χ2v) is 10.5. The standard InChI is InChI=1S/C19H30O5S.K/c1-18-9-7-13(24-25(21,22)23)11-12(18)3-4-14-15-5-6-17(20)19(15,2)10-8-16(14)18;/h12-16H,3-11H2,1-2H3,(H,21,22,23);/q;+1/p-1/t12-,13?,14?,15?,16?,18?,19?;/m0./s1. The summed E-state index contributed by atoms with van der Waals surface area (Å²) in [4.78, 5) is 12.4. The average molecular weight is 409 g/mol. The van der Waals surface area contributed by atoms with Gasteiger partial charge < -0.3 is 4.55 Å². The summed E-state index contributed by atoms with van der Waals surface area (Å²) >= 11 is 0. The molecule has 4 saturated carbocycles. The molecule has 0 bridgehead atoms. The molecule has 0 saturated heterocycles. The first-order chi connectivity index (χ1) is 11.6. The van der Waals surface area contributed by atoms with E-state index in [1.54, 1.807) is 0 Å². The van der Waals surface area contributed by atoms with E-state index in [0.717, 1.165) is 44.9 Å². The van der Waals surface area contributed by atoms with Gasteiger partial charge in [-0.2, -0.15) is 0 Å². The number of hydrogen-bond donors (Lipinski definition) is 0. The zero-order valence-corrected chi connectivity index (χ0v) is 20.1. The van der Waals surface area contributed by atoms with Crippen LogP contribution in [0.25, 0.3) is 0 Å². The Morgan fingerprint density at radius 3 is 2.46 bits per heavy atom. The van der Waals surface area contributed by atoms with E-state index >= 15 is 0 Å². The van der Waals surface area contributed by atoms with Crippen molar-refractivity contribution in [1.29, 1.82) is 0 Å². The number of rotatable bonds is 2. The first-order valence-corrected chi connectivity index (χ1v) is 11.1. The summed E-state index contributed by atoms with van der Waals surface area (Å²) < 4.78 is 37.6. The first-order valence-electron chi connectivity index (χ1n) is 9.81. The smallest absolute Gasteiger partial charge is 0.726 e. The molecule has 4 fully saturated rings. The van der Waals surface area contributed by atoms with Gasteiger partial charge >= 0.3 is 51.4 Å². The van der Waals surface area contributed by atoms with Crippen molar-refractivity contribution in [1.82, 2.24) is 0 Å². The zero-order chi connectivity index (χ0) is 18.0. The summed E-state index contributed by atoms with van der Waals surface area (Å²) in [6, 6.07) is 0. The van der Waals surface area contributed by atoms with Crippen LogP contribution in [0.3, 0.4) is 0 Å². The quantitative estimate of drug-likeness (QED) is 0.376. The summed E-state index contributed by atoms with van der Waals surface area (Å²) in [5, 5.41) is 0. The van der Waals surface area contributed by atoms with Crippen LogP contribution in [0.15, 0.2) is 0 Å². The summed E-state index contributed by atoms with van der Waals surface area (Å²) in [5.41, 5.74) is 0.101. The van der Waals surface area contributed by atoms with Crippen LogP contribution in [-0.4, -0.2) is 24.9 Å². The van der Waals surface area contributed by atoms with Gasteiger partial charge in [0.25, 0.3) is 0 Å². The van der Waals surface area contributed by atoms with Crippen molar-refractivity contribution in [3.63, 3.8) is 0 Å². The molecule has 7 atom stereocenters. The maximum absolute atomic E-state index is 12.4. The molecule has 5 nitrogen and oxygen atoms in total. The van der Waals surface area contributed by atoms with Gasteiger partial charge in [0.2, 0.25) is 10.4 Å². The van der Waals surface area contributed by atoms with Crippen molar-refractivity contribution in [2.75, 3.05) is 0 Å². The van der Waals surface area contributed by atoms with E-state index < -0.39 is 16.5 Å². The van der Waals surface area contributed by atoms with Crippen LogP contribution in [-0.2, 0) is 19.4 Å². The fraction of sp³-hybridized carbons (Fsp3) is 0.947. The predicted molar refractivity (Wildman–Crippen MR) is 91.3 cm³/mol. The molecule has 7 heteroatoms. The molecule has 6 unspecified atom stereocenters. The van der Waals surface area contributed by atoms with Crippen LogP contribution in [0.1, 0.15) is 71.6 Å². The minimum Gasteiger partial charge on any atom is -0.726 e. The number of hydrogen-bond acceptors (Lipinski definition) is 5. The van der Waals surface area contributed by atoms with Gasteiger partial charge in [-0.3, -0.25) is 8.98 Å². The molecule has 0 radical (unpaired) electrons. The molecule has 0 aliphatic heterocycles. The molecular weight excluding hydrogens is 379 g/mol. The number of carbonyl (C=O) groups excluding carboxylic acids is 1. The molecule has 0 aromatic carbocycles. The van der Waals surface area contributed by atoms with Crippen molar-refractivity contribution in [2.24, 2.45) is 34.5 Å². The molecule has 4 rings (SSSR count). The molecular formula is C19H29KO5S. The zero-order valence-electron chi connectivity index (χ0n) is 16.2. The number of ketones is 1. The Morgan fingerprint density at radius 2 is 1.77 bits per heavy atom. The van der Waals surface area contributed by atoms with Gasteiger partial charge in [-0.1, -0.05) is 13.8 Å². The predicted octanol–water partition coefficient (Wildman–Crippen LogP) is 0.448. The SMILES string of the molecule is CC12CCC3C(CC[C@H]4CC(OS(=O)(=O)[O-])CCC34C)C1CCC2=O.[K+]. The van der Waals surface area contributed by atoms with Crippen molar-refractivity contribution in [3.05, 3.63) is 0 Å². The van der Waals surface area contributed by atoms with E-state index in [4.69, 9.17) is 4.18 Å². The van der Waals surface area contributed by atoms with E-state index in [1.165, 1.54) is 0 Å². The van der Waals surface area contributed by atoms with Crippen LogP contribution in [0.4, 0.5) is 0 Å². The van der Waals surface area contributed by atoms with E-state index in [0.29, 0.717) is 42.3 Å². The molecule has 0 spiro atoms. The van der Waals surface area contributed by atoms with Gasteiger partial charge in [0, 0.05) is 11.8 Å². The second kappa shape index (κ2) is 7.45. The molecule has 0 amide bonds. The summed E-state index contributed by atoms with van der Waals surface area (Å²) in [7, 11) is -4.62. The fourth-order valence-electron chi connectivity index (χ4n) is 7.24. The Bertz CT molecular complexity index is 679. The first kappa shape index (κ1) is 21.9. The van der Waals surface area contributed by atoms with E-state index in [-0.39, 0.29) is 62.2 Å². The normalized spacial score (nSPS) is 48.1. The third-order valence-corrected chi connectivity index (χ3v) is 9.09. The molecule has 0 aromatic heterocycles. The van der Waals surface area contributed by atoms with Gasteiger partial charge in [0.15, 0.2) is 0 Å². The van der Waals surface area contributed by atoms with Gasteiger partial charge in [-0.25, -0.2) is 8.42 Å². The summed E-state index contributed by atoms with van der Waals surface area (Å²) in [6.45, 7) is 4.57. The maximum atomic E-state index is 12.4. The molecule has 4 aliphatic carbocycles. The Kier molecular flexibility index (Phi) is 6.27. The van der Waals surface area contributed by atoms with Crippen molar-refractivity contribution in [2.45, 2.75) is 77.7 Å². The third-order valence-electron chi connectivity index (χ3n) is 8.58. The largest absolute Gasteiger partial charge is 1.00 e. The topological polar surface area (TPSA) is 83.5 Å². The Balaban J connectivity index is 0.00000196. The van der Waals surface area contributed by atoms with Crippen LogP contribution in [0.5, 0.6) is 0 Å². The van der Waals surface area contributed by atoms with Crippen LogP contribution < -0.4 is 51.4 Å². The molecule has 26 heavy (non-hydrogen) atoms. The van der Waals surface area contributed by atoms with Gasteiger partial charge in [-0.15, -0.1) is 0 Å². The minimum atomic E-state index is -4.62. The van der Waals surface area contributed by atoms with E-state index in [1.807, 2.05) is 0 Å². The van der Waals surface area contributed by atoms with Crippen LogP contribution >= 0.6 is 0 Å². The molecule has 0 heterocycles. The van der Waals surface area contributed by atoms with Gasteiger partial charge in [0.05, 0.1) is 6.10 Å². The van der Waals surface area contributed by atoms with E-state index in [2.05, 4.69) is 13.8 Å². The fourth-order valence-corrected chi connectivity index (χ4v) is 7.75. The van der Waals surface area contributed by atoms with Gasteiger partial charge in [0.1, 0.15) is 5.78 Å². The van der Waals surface area contributed by atoms with Crippen molar-refractivity contribution < 1.29 is 73.3 Å². The Morgan fingerprint density at radius 1 is 1.04 bits per heavy atom. The molecule has 0 aromatic rings. The van der Waals surface area contributed by atoms with Crippen LogP contribution in [0, 0.1) is 34.5 Å².